The van der Waals surface area contributed by atoms with E-state index >= 15 is 0 Å². The molecule has 0 unspecified atom stereocenters. The number of hydrogen-bond acceptors (Lipinski definition) is 4. The molecule has 0 atom stereocenters. The van der Waals surface area contributed by atoms with Gasteiger partial charge in [-0.15, -0.1) is 0 Å². The van der Waals surface area contributed by atoms with E-state index in [1.165, 1.54) is 0 Å². The fraction of sp³-hybridized carbons (Fsp3) is 0.0952. The average Bonchev–Trinajstić information content (AvgIpc) is 2.73. The third-order valence-electron chi connectivity index (χ3n) is 3.86. The van der Waals surface area contributed by atoms with Crippen LogP contribution in [0.4, 0.5) is 5.69 Å². The molecule has 6 heteroatoms. The van der Waals surface area contributed by atoms with Crippen molar-refractivity contribution in [3.05, 3.63) is 89.7 Å². The fourth-order valence-electron chi connectivity index (χ4n) is 2.43. The number of nitrogens with zero attached hydrogens (tertiary/aromatic N) is 1. The number of methoxy groups -OCH3 is 1. The van der Waals surface area contributed by atoms with Gasteiger partial charge >= 0.3 is 0 Å². The molecule has 27 heavy (non-hydrogen) atoms. The maximum atomic E-state index is 12.4. The molecular weight excluding hydrogens is 342 g/mol. The minimum Gasteiger partial charge on any atom is -0.497 e. The molecule has 2 amide bonds. The second-order valence-corrected chi connectivity index (χ2v) is 5.76. The van der Waals surface area contributed by atoms with Crippen LogP contribution in [0.3, 0.4) is 0 Å². The molecule has 0 saturated carbocycles. The summed E-state index contributed by atoms with van der Waals surface area (Å²) < 4.78 is 5.09. The van der Waals surface area contributed by atoms with Crippen LogP contribution in [0, 0.1) is 0 Å². The summed E-state index contributed by atoms with van der Waals surface area (Å²) >= 11 is 0. The fourth-order valence-corrected chi connectivity index (χ4v) is 2.43. The van der Waals surface area contributed by atoms with Crippen LogP contribution in [-0.2, 0) is 6.54 Å². The lowest BCUT2D eigenvalue weighted by molar-refractivity contribution is 0.0945. The van der Waals surface area contributed by atoms with Gasteiger partial charge in [0.1, 0.15) is 17.1 Å². The highest BCUT2D eigenvalue weighted by molar-refractivity contribution is 6.03. The quantitative estimate of drug-likeness (QED) is 0.706. The maximum Gasteiger partial charge on any atom is 0.274 e. The lowest BCUT2D eigenvalue weighted by Crippen LogP contribution is -2.25. The highest BCUT2D eigenvalue weighted by atomic mass is 16.5. The van der Waals surface area contributed by atoms with Gasteiger partial charge in [-0.1, -0.05) is 36.4 Å². The van der Waals surface area contributed by atoms with E-state index in [1.807, 2.05) is 30.3 Å². The molecule has 3 aromatic rings. The summed E-state index contributed by atoms with van der Waals surface area (Å²) in [5, 5.41) is 5.54. The molecule has 1 aromatic heterocycles. The molecular formula is C21H19N3O3. The summed E-state index contributed by atoms with van der Waals surface area (Å²) in [5.74, 6) is -0.0287. The van der Waals surface area contributed by atoms with Crippen LogP contribution in [0.5, 0.6) is 5.75 Å². The monoisotopic (exact) mass is 361 g/mol. The Morgan fingerprint density at radius 1 is 0.852 bits per heavy atom. The smallest absolute Gasteiger partial charge is 0.274 e. The predicted molar refractivity (Wildman–Crippen MR) is 103 cm³/mol. The molecule has 2 N–H and O–H groups in total. The van der Waals surface area contributed by atoms with Crippen LogP contribution in [0.25, 0.3) is 0 Å². The summed E-state index contributed by atoms with van der Waals surface area (Å²) in [6.45, 7) is 0.392. The number of carbonyl (C=O) groups is 2. The van der Waals surface area contributed by atoms with Crippen molar-refractivity contribution in [3.63, 3.8) is 0 Å². The number of nitrogens with one attached hydrogen (secondary N) is 2. The van der Waals surface area contributed by atoms with Gasteiger partial charge in [0, 0.05) is 12.2 Å². The number of benzene rings is 2. The lowest BCUT2D eigenvalue weighted by atomic mass is 10.2. The summed E-state index contributed by atoms with van der Waals surface area (Å²) in [6, 6.07) is 21.3. The minimum absolute atomic E-state index is 0.165. The first-order valence-electron chi connectivity index (χ1n) is 8.40. The van der Waals surface area contributed by atoms with Gasteiger partial charge in [-0.3, -0.25) is 9.59 Å². The number of hydrogen-bond donors (Lipinski definition) is 2. The van der Waals surface area contributed by atoms with Crippen molar-refractivity contribution >= 4 is 17.5 Å². The lowest BCUT2D eigenvalue weighted by Gasteiger charge is -2.08. The van der Waals surface area contributed by atoms with Gasteiger partial charge in [0.2, 0.25) is 0 Å². The molecule has 0 fully saturated rings. The molecule has 2 aromatic carbocycles. The van der Waals surface area contributed by atoms with Crippen LogP contribution >= 0.6 is 0 Å². The van der Waals surface area contributed by atoms with Gasteiger partial charge < -0.3 is 15.4 Å². The van der Waals surface area contributed by atoms with E-state index in [0.29, 0.717) is 18.0 Å². The second-order valence-electron chi connectivity index (χ2n) is 5.76. The second kappa shape index (κ2) is 8.62. The van der Waals surface area contributed by atoms with E-state index in [2.05, 4.69) is 15.6 Å². The van der Waals surface area contributed by atoms with E-state index in [9.17, 15) is 9.59 Å². The Balaban J connectivity index is 1.64. The van der Waals surface area contributed by atoms with Gasteiger partial charge in [-0.2, -0.15) is 0 Å². The third-order valence-corrected chi connectivity index (χ3v) is 3.86. The number of rotatable bonds is 6. The molecule has 0 aliphatic rings. The van der Waals surface area contributed by atoms with Crippen molar-refractivity contribution < 1.29 is 14.3 Å². The van der Waals surface area contributed by atoms with E-state index in [0.717, 1.165) is 5.56 Å². The van der Waals surface area contributed by atoms with Crippen molar-refractivity contribution in [1.29, 1.82) is 0 Å². The van der Waals surface area contributed by atoms with Crippen LogP contribution < -0.4 is 15.4 Å². The van der Waals surface area contributed by atoms with Crippen molar-refractivity contribution in [2.75, 3.05) is 12.4 Å². The van der Waals surface area contributed by atoms with Crippen LogP contribution in [-0.4, -0.2) is 23.9 Å². The average molecular weight is 361 g/mol. The van der Waals surface area contributed by atoms with E-state index in [1.54, 1.807) is 49.6 Å². The molecule has 0 spiro atoms. The van der Waals surface area contributed by atoms with Crippen LogP contribution in [0.2, 0.25) is 0 Å². The maximum absolute atomic E-state index is 12.4. The summed E-state index contributed by atoms with van der Waals surface area (Å²) in [5.41, 5.74) is 1.95. The first kappa shape index (κ1) is 18.1. The molecule has 0 radical (unpaired) electrons. The van der Waals surface area contributed by atoms with E-state index in [4.69, 9.17) is 4.74 Å². The Morgan fingerprint density at radius 2 is 1.52 bits per heavy atom. The van der Waals surface area contributed by atoms with Gasteiger partial charge in [-0.25, -0.2) is 4.98 Å². The highest BCUT2D eigenvalue weighted by Crippen LogP contribution is 2.15. The molecule has 1 heterocycles. The largest absolute Gasteiger partial charge is 0.497 e. The number of ether oxygens (including phenoxy) is 1. The number of amides is 2. The van der Waals surface area contributed by atoms with E-state index < -0.39 is 5.91 Å². The normalized spacial score (nSPS) is 10.1. The molecule has 0 aliphatic heterocycles. The molecule has 0 aliphatic carbocycles. The summed E-state index contributed by atoms with van der Waals surface area (Å²) in [4.78, 5) is 28.9. The summed E-state index contributed by atoms with van der Waals surface area (Å²) in [6.07, 6.45) is 0. The number of aromatic nitrogens is 1. The van der Waals surface area contributed by atoms with Gasteiger partial charge in [0.25, 0.3) is 11.8 Å². The van der Waals surface area contributed by atoms with E-state index in [-0.39, 0.29) is 17.3 Å². The standard InChI is InChI=1S/C21H19N3O3/c1-27-17-12-10-16(11-13-17)23-21(26)19-9-5-8-18(24-19)20(25)22-14-15-6-3-2-4-7-15/h2-13H,14H2,1H3,(H,22,25)(H,23,26). The zero-order chi connectivity index (χ0) is 19.1. The topological polar surface area (TPSA) is 80.3 Å². The minimum atomic E-state index is -0.391. The molecule has 136 valence electrons. The zero-order valence-electron chi connectivity index (χ0n) is 14.8. The summed E-state index contributed by atoms with van der Waals surface area (Å²) in [7, 11) is 1.58. The number of carbonyl (C=O) groups excluding carboxylic acids is 2. The molecule has 0 bridgehead atoms. The van der Waals surface area contributed by atoms with Gasteiger partial charge in [0.15, 0.2) is 0 Å². The first-order valence-corrected chi connectivity index (χ1v) is 8.40. The first-order chi connectivity index (χ1) is 13.2. The molecule has 3 rings (SSSR count). The van der Waals surface area contributed by atoms with Crippen molar-refractivity contribution in [2.45, 2.75) is 6.54 Å². The Bertz CT molecular complexity index is 925. The van der Waals surface area contributed by atoms with Crippen LogP contribution in [0.1, 0.15) is 26.5 Å². The van der Waals surface area contributed by atoms with Crippen LogP contribution in [0.15, 0.2) is 72.8 Å². The molecule has 0 saturated heterocycles. The number of pyridine rings is 1. The highest BCUT2D eigenvalue weighted by Gasteiger charge is 2.12. The Kier molecular flexibility index (Phi) is 5.79. The predicted octanol–water partition coefficient (Wildman–Crippen LogP) is 3.27. The van der Waals surface area contributed by atoms with Crippen molar-refractivity contribution in [2.24, 2.45) is 0 Å². The van der Waals surface area contributed by atoms with Gasteiger partial charge in [-0.05, 0) is 42.0 Å². The third kappa shape index (κ3) is 4.92. The SMILES string of the molecule is COc1ccc(NC(=O)c2cccc(C(=O)NCc3ccccc3)n2)cc1. The Morgan fingerprint density at radius 3 is 2.19 bits per heavy atom. The van der Waals surface area contributed by atoms with Gasteiger partial charge in [0.05, 0.1) is 7.11 Å². The zero-order valence-corrected chi connectivity index (χ0v) is 14.8. The Hall–Kier alpha value is -3.67. The van der Waals surface area contributed by atoms with Crippen molar-refractivity contribution in [3.8, 4) is 5.75 Å². The molecule has 6 nitrogen and oxygen atoms in total. The number of anilines is 1. The van der Waals surface area contributed by atoms with Crippen molar-refractivity contribution in [1.82, 2.24) is 10.3 Å². The Labute approximate surface area is 157 Å².